The van der Waals surface area contributed by atoms with E-state index in [-0.39, 0.29) is 0 Å². The van der Waals surface area contributed by atoms with Crippen LogP contribution in [0, 0.1) is 0 Å². The normalized spacial score (nSPS) is 12.0. The van der Waals surface area contributed by atoms with Crippen LogP contribution in [0.5, 0.6) is 0 Å². The Bertz CT molecular complexity index is 3080. The molecule has 0 N–H and O–H groups in total. The molecular weight excluding hydrogens is 609 g/mol. The zero-order valence-corrected chi connectivity index (χ0v) is 27.0. The Morgan fingerprint density at radius 3 is 1.58 bits per heavy atom. The monoisotopic (exact) mass is 636 g/mol. The van der Waals surface area contributed by atoms with Crippen molar-refractivity contribution in [2.75, 3.05) is 0 Å². The van der Waals surface area contributed by atoms with E-state index in [1.54, 1.807) is 0 Å². The number of rotatable bonds is 3. The SMILES string of the molecule is c1ccc2cc(-c3c4ccccc4c(-c4ccc(-c5ccc6c(c5)oc5c6ccc6oc7ccccc7c65)cc4)c4ccccc34)ccc2c1. The van der Waals surface area contributed by atoms with E-state index < -0.39 is 0 Å². The average Bonchev–Trinajstić information content (AvgIpc) is 3.75. The number of hydrogen-bond donors (Lipinski definition) is 0. The van der Waals surface area contributed by atoms with Gasteiger partial charge >= 0.3 is 0 Å². The van der Waals surface area contributed by atoms with Crippen LogP contribution in [0.3, 0.4) is 0 Å². The summed E-state index contributed by atoms with van der Waals surface area (Å²) in [6.45, 7) is 0. The Morgan fingerprint density at radius 1 is 0.280 bits per heavy atom. The number of fused-ring (bicyclic) bond motifs is 10. The third kappa shape index (κ3) is 3.96. The summed E-state index contributed by atoms with van der Waals surface area (Å²) in [5.41, 5.74) is 10.7. The van der Waals surface area contributed by atoms with E-state index in [1.165, 1.54) is 54.6 Å². The van der Waals surface area contributed by atoms with Crippen molar-refractivity contribution in [1.82, 2.24) is 0 Å². The molecule has 11 rings (SSSR count). The first kappa shape index (κ1) is 27.3. The summed E-state index contributed by atoms with van der Waals surface area (Å²) in [6.07, 6.45) is 0. The summed E-state index contributed by atoms with van der Waals surface area (Å²) < 4.78 is 12.7. The molecule has 11 aromatic rings. The fourth-order valence-corrected chi connectivity index (χ4v) is 8.15. The maximum absolute atomic E-state index is 6.60. The first-order valence-electron chi connectivity index (χ1n) is 17.1. The van der Waals surface area contributed by atoms with Gasteiger partial charge in [0.25, 0.3) is 0 Å². The Labute approximate surface area is 287 Å². The summed E-state index contributed by atoms with van der Waals surface area (Å²) >= 11 is 0. The molecule has 0 bridgehead atoms. The minimum Gasteiger partial charge on any atom is -0.456 e. The second-order valence-electron chi connectivity index (χ2n) is 13.2. The lowest BCUT2D eigenvalue weighted by atomic mass is 9.85. The van der Waals surface area contributed by atoms with Gasteiger partial charge in [0, 0.05) is 16.2 Å². The lowest BCUT2D eigenvalue weighted by Gasteiger charge is -2.18. The molecule has 0 radical (unpaired) electrons. The number of benzene rings is 9. The molecule has 2 nitrogen and oxygen atoms in total. The summed E-state index contributed by atoms with van der Waals surface area (Å²) in [6, 6.07) is 61.0. The molecule has 0 spiro atoms. The molecule has 2 heterocycles. The van der Waals surface area contributed by atoms with E-state index in [1.807, 2.05) is 18.2 Å². The molecule has 9 aromatic carbocycles. The highest BCUT2D eigenvalue weighted by Crippen LogP contribution is 2.45. The molecule has 0 aliphatic rings. The van der Waals surface area contributed by atoms with Crippen molar-refractivity contribution in [2.24, 2.45) is 0 Å². The molecule has 0 aliphatic carbocycles. The van der Waals surface area contributed by atoms with Crippen molar-refractivity contribution in [3.05, 3.63) is 170 Å². The molecule has 0 unspecified atom stereocenters. The van der Waals surface area contributed by atoms with Gasteiger partial charge < -0.3 is 8.83 Å². The molecule has 2 heteroatoms. The molecular formula is C48H28O2. The maximum Gasteiger partial charge on any atom is 0.147 e. The van der Waals surface area contributed by atoms with E-state index >= 15 is 0 Å². The average molecular weight is 637 g/mol. The molecule has 0 aliphatic heterocycles. The fraction of sp³-hybridized carbons (Fsp3) is 0. The number of hydrogen-bond acceptors (Lipinski definition) is 2. The van der Waals surface area contributed by atoms with Crippen LogP contribution in [-0.4, -0.2) is 0 Å². The summed E-state index contributed by atoms with van der Waals surface area (Å²) in [4.78, 5) is 0. The van der Waals surface area contributed by atoms with E-state index in [0.717, 1.165) is 55.0 Å². The standard InChI is InChI=1S/C48H28O2/c1-2-10-32-27-34(22-19-29(32)9-1)46-38-13-5-3-11-36(38)45(37-12-4-6-14-39(37)46)31-20-17-30(18-21-31)33-23-24-35-40-25-26-43-47(48(40)50-44(35)28-33)41-15-7-8-16-42(41)49-43/h1-28H. The van der Waals surface area contributed by atoms with Gasteiger partial charge in [0.05, 0.1) is 5.39 Å². The lowest BCUT2D eigenvalue weighted by Crippen LogP contribution is -1.91. The first-order valence-corrected chi connectivity index (χ1v) is 17.1. The zero-order chi connectivity index (χ0) is 32.8. The van der Waals surface area contributed by atoms with Crippen molar-refractivity contribution in [3.8, 4) is 33.4 Å². The molecule has 232 valence electrons. The van der Waals surface area contributed by atoms with Gasteiger partial charge in [-0.1, -0.05) is 133 Å². The minimum atomic E-state index is 0.846. The summed E-state index contributed by atoms with van der Waals surface area (Å²) in [7, 11) is 0. The quantitative estimate of drug-likeness (QED) is 0.180. The number of para-hydroxylation sites is 1. The third-order valence-corrected chi connectivity index (χ3v) is 10.5. The van der Waals surface area contributed by atoms with Crippen LogP contribution in [0.2, 0.25) is 0 Å². The number of furan rings is 2. The van der Waals surface area contributed by atoms with Crippen LogP contribution in [0.25, 0.3) is 110 Å². The van der Waals surface area contributed by atoms with Gasteiger partial charge in [0.1, 0.15) is 22.3 Å². The van der Waals surface area contributed by atoms with Crippen LogP contribution in [0.1, 0.15) is 0 Å². The Balaban J connectivity index is 1.05. The van der Waals surface area contributed by atoms with E-state index in [4.69, 9.17) is 8.83 Å². The van der Waals surface area contributed by atoms with Crippen molar-refractivity contribution < 1.29 is 8.83 Å². The van der Waals surface area contributed by atoms with Crippen molar-refractivity contribution >= 4 is 76.2 Å². The molecule has 0 amide bonds. The van der Waals surface area contributed by atoms with E-state index in [9.17, 15) is 0 Å². The second-order valence-corrected chi connectivity index (χ2v) is 13.2. The zero-order valence-electron chi connectivity index (χ0n) is 27.0. The van der Waals surface area contributed by atoms with Crippen molar-refractivity contribution in [2.45, 2.75) is 0 Å². The van der Waals surface area contributed by atoms with E-state index in [2.05, 4.69) is 152 Å². The second kappa shape index (κ2) is 10.4. The van der Waals surface area contributed by atoms with Gasteiger partial charge in [-0.15, -0.1) is 0 Å². The van der Waals surface area contributed by atoms with Gasteiger partial charge in [0.2, 0.25) is 0 Å². The highest BCUT2D eigenvalue weighted by molar-refractivity contribution is 6.23. The highest BCUT2D eigenvalue weighted by Gasteiger charge is 2.18. The predicted octanol–water partition coefficient (Wildman–Crippen LogP) is 13.9. The van der Waals surface area contributed by atoms with Gasteiger partial charge in [-0.2, -0.15) is 0 Å². The summed E-state index contributed by atoms with van der Waals surface area (Å²) in [5, 5.41) is 11.9. The van der Waals surface area contributed by atoms with Crippen LogP contribution in [0.15, 0.2) is 179 Å². The topological polar surface area (TPSA) is 26.3 Å². The van der Waals surface area contributed by atoms with Gasteiger partial charge in [0.15, 0.2) is 0 Å². The smallest absolute Gasteiger partial charge is 0.147 e. The fourth-order valence-electron chi connectivity index (χ4n) is 8.15. The molecule has 0 saturated carbocycles. The molecule has 0 atom stereocenters. The molecule has 50 heavy (non-hydrogen) atoms. The Hall–Kier alpha value is -6.64. The molecule has 0 saturated heterocycles. The van der Waals surface area contributed by atoms with Gasteiger partial charge in [-0.3, -0.25) is 0 Å². The predicted molar refractivity (Wildman–Crippen MR) is 210 cm³/mol. The van der Waals surface area contributed by atoms with Gasteiger partial charge in [-0.05, 0) is 102 Å². The van der Waals surface area contributed by atoms with Crippen molar-refractivity contribution in [3.63, 3.8) is 0 Å². The Kier molecular flexibility index (Phi) is 5.70. The molecule has 2 aromatic heterocycles. The van der Waals surface area contributed by atoms with Crippen LogP contribution >= 0.6 is 0 Å². The minimum absolute atomic E-state index is 0.846. The highest BCUT2D eigenvalue weighted by atomic mass is 16.3. The van der Waals surface area contributed by atoms with Crippen molar-refractivity contribution in [1.29, 1.82) is 0 Å². The summed E-state index contributed by atoms with van der Waals surface area (Å²) in [5.74, 6) is 0. The lowest BCUT2D eigenvalue weighted by molar-refractivity contribution is 0.663. The largest absolute Gasteiger partial charge is 0.456 e. The van der Waals surface area contributed by atoms with Crippen LogP contribution < -0.4 is 0 Å². The first-order chi connectivity index (χ1) is 24.8. The third-order valence-electron chi connectivity index (χ3n) is 10.5. The van der Waals surface area contributed by atoms with Crippen LogP contribution in [-0.2, 0) is 0 Å². The Morgan fingerprint density at radius 2 is 0.840 bits per heavy atom. The maximum atomic E-state index is 6.60. The molecule has 0 fully saturated rings. The van der Waals surface area contributed by atoms with Gasteiger partial charge in [-0.25, -0.2) is 0 Å². The van der Waals surface area contributed by atoms with Crippen LogP contribution in [0.4, 0.5) is 0 Å². The van der Waals surface area contributed by atoms with E-state index in [0.29, 0.717) is 0 Å².